The highest BCUT2D eigenvalue weighted by Gasteiger charge is 2.41. The molecule has 0 N–H and O–H groups in total. The zero-order valence-electron chi connectivity index (χ0n) is 14.1. The molecule has 4 rings (SSSR count). The first-order chi connectivity index (χ1) is 11.6. The molecular weight excluding hydrogens is 304 g/mol. The summed E-state index contributed by atoms with van der Waals surface area (Å²) in [4.78, 5) is 14.4. The van der Waals surface area contributed by atoms with E-state index >= 15 is 0 Å². The molecule has 0 unspecified atom stereocenters. The minimum absolute atomic E-state index is 0.0589. The van der Waals surface area contributed by atoms with E-state index in [4.69, 9.17) is 4.74 Å². The van der Waals surface area contributed by atoms with E-state index in [1.54, 1.807) is 7.11 Å². The van der Waals surface area contributed by atoms with Crippen LogP contribution in [0.2, 0.25) is 0 Å². The van der Waals surface area contributed by atoms with E-state index in [1.165, 1.54) is 12.8 Å². The fraction of sp³-hybridized carbons (Fsp3) is 0.500. The summed E-state index contributed by atoms with van der Waals surface area (Å²) in [5.74, 6) is 0.664. The third kappa shape index (κ3) is 2.94. The Morgan fingerprint density at radius 3 is 2.88 bits per heavy atom. The molecule has 24 heavy (non-hydrogen) atoms. The minimum atomic E-state index is -0.201. The minimum Gasteiger partial charge on any atom is -0.375 e. The van der Waals surface area contributed by atoms with Gasteiger partial charge in [-0.25, -0.2) is 4.68 Å². The van der Waals surface area contributed by atoms with Crippen molar-refractivity contribution in [1.29, 1.82) is 0 Å². The average molecular weight is 326 g/mol. The third-order valence-corrected chi connectivity index (χ3v) is 4.90. The number of ether oxygens (including phenoxy) is 1. The molecule has 2 aromatic rings. The van der Waals surface area contributed by atoms with Crippen molar-refractivity contribution in [2.75, 3.05) is 20.2 Å². The second-order valence-corrected chi connectivity index (χ2v) is 7.13. The van der Waals surface area contributed by atoms with Crippen LogP contribution in [0.1, 0.15) is 47.3 Å². The lowest BCUT2D eigenvalue weighted by molar-refractivity contribution is -0.0947. The maximum absolute atomic E-state index is 12.6. The van der Waals surface area contributed by atoms with Crippen LogP contribution in [0.3, 0.4) is 0 Å². The van der Waals surface area contributed by atoms with Crippen LogP contribution in [0.25, 0.3) is 0 Å². The van der Waals surface area contributed by atoms with Crippen LogP contribution in [0, 0.1) is 0 Å². The number of nitrogens with zero attached hydrogens (tertiary/aromatic N) is 4. The van der Waals surface area contributed by atoms with Gasteiger partial charge in [0.15, 0.2) is 0 Å². The van der Waals surface area contributed by atoms with Gasteiger partial charge in [-0.05, 0) is 37.5 Å². The Labute approximate surface area is 141 Å². The number of likely N-dealkylation sites (tertiary alicyclic amines) is 1. The molecule has 0 radical (unpaired) electrons. The summed E-state index contributed by atoms with van der Waals surface area (Å²) in [6.45, 7) is 3.94. The number of rotatable bonds is 5. The number of hydrogen-bond donors (Lipinski definition) is 0. The van der Waals surface area contributed by atoms with Crippen molar-refractivity contribution in [3.05, 3.63) is 47.3 Å². The highest BCUT2D eigenvalue weighted by molar-refractivity contribution is 5.95. The summed E-state index contributed by atoms with van der Waals surface area (Å²) < 4.78 is 7.26. The van der Waals surface area contributed by atoms with Gasteiger partial charge in [0.25, 0.3) is 5.91 Å². The van der Waals surface area contributed by atoms with Crippen molar-refractivity contribution < 1.29 is 9.53 Å². The number of methoxy groups -OCH3 is 1. The monoisotopic (exact) mass is 326 g/mol. The first-order valence-corrected chi connectivity index (χ1v) is 8.40. The smallest absolute Gasteiger partial charge is 0.254 e. The lowest BCUT2D eigenvalue weighted by Crippen LogP contribution is -2.62. The first kappa shape index (κ1) is 15.3. The summed E-state index contributed by atoms with van der Waals surface area (Å²) >= 11 is 0. The molecule has 0 spiro atoms. The fourth-order valence-corrected chi connectivity index (χ4v) is 3.16. The third-order valence-electron chi connectivity index (χ3n) is 4.90. The van der Waals surface area contributed by atoms with E-state index in [0.717, 1.165) is 11.3 Å². The summed E-state index contributed by atoms with van der Waals surface area (Å²) in [5, 5.41) is 8.43. The van der Waals surface area contributed by atoms with Crippen LogP contribution in [0.15, 0.2) is 30.5 Å². The van der Waals surface area contributed by atoms with Gasteiger partial charge in [-0.3, -0.25) is 4.79 Å². The molecule has 0 bridgehead atoms. The highest BCUT2D eigenvalue weighted by atomic mass is 16.5. The standard InChI is InChI=1S/C18H22N4O2/c1-18(24-2)11-21(12-18)17(23)15-5-3-4-13(8-15)9-22-10-16(19-20-22)14-6-7-14/h3-5,8,10,14H,6-7,9,11-12H2,1-2H3. The molecular formula is C18H22N4O2. The SMILES string of the molecule is COC1(C)CN(C(=O)c2cccc(Cn3cc(C4CC4)nn3)c2)C1. The Kier molecular flexibility index (Phi) is 3.64. The predicted octanol–water partition coefficient (Wildman–Crippen LogP) is 2.06. The van der Waals surface area contributed by atoms with Gasteiger partial charge >= 0.3 is 0 Å². The van der Waals surface area contributed by atoms with Crippen molar-refractivity contribution in [3.8, 4) is 0 Å². The van der Waals surface area contributed by atoms with E-state index in [2.05, 4.69) is 10.3 Å². The number of hydrogen-bond acceptors (Lipinski definition) is 4. The van der Waals surface area contributed by atoms with Gasteiger partial charge < -0.3 is 9.64 Å². The van der Waals surface area contributed by atoms with E-state index < -0.39 is 0 Å². The Bertz CT molecular complexity index is 760. The van der Waals surface area contributed by atoms with Crippen LogP contribution >= 0.6 is 0 Å². The second kappa shape index (κ2) is 5.70. The van der Waals surface area contributed by atoms with Crippen LogP contribution < -0.4 is 0 Å². The molecule has 2 heterocycles. The van der Waals surface area contributed by atoms with E-state index in [9.17, 15) is 4.79 Å². The molecule has 1 aromatic carbocycles. The number of amides is 1. The lowest BCUT2D eigenvalue weighted by atomic mass is 9.95. The molecule has 6 nitrogen and oxygen atoms in total. The number of carbonyl (C=O) groups is 1. The van der Waals surface area contributed by atoms with Gasteiger partial charge in [-0.1, -0.05) is 17.3 Å². The van der Waals surface area contributed by atoms with Crippen molar-refractivity contribution in [3.63, 3.8) is 0 Å². The van der Waals surface area contributed by atoms with Crippen LogP contribution in [0.5, 0.6) is 0 Å². The Morgan fingerprint density at radius 2 is 2.17 bits per heavy atom. The molecule has 126 valence electrons. The van der Waals surface area contributed by atoms with Crippen LogP contribution in [0.4, 0.5) is 0 Å². The van der Waals surface area contributed by atoms with Crippen molar-refractivity contribution in [2.45, 2.75) is 37.8 Å². The molecule has 1 saturated carbocycles. The predicted molar refractivity (Wildman–Crippen MR) is 88.9 cm³/mol. The topological polar surface area (TPSA) is 60.2 Å². The average Bonchev–Trinajstić information content (AvgIpc) is 3.31. The van der Waals surface area contributed by atoms with Crippen LogP contribution in [-0.2, 0) is 11.3 Å². The van der Waals surface area contributed by atoms with Gasteiger partial charge in [0, 0.05) is 24.8 Å². The van der Waals surface area contributed by atoms with Crippen LogP contribution in [-0.4, -0.2) is 51.6 Å². The maximum atomic E-state index is 12.6. The largest absolute Gasteiger partial charge is 0.375 e. The number of aromatic nitrogens is 3. The Hall–Kier alpha value is -2.21. The van der Waals surface area contributed by atoms with Gasteiger partial charge in [0.1, 0.15) is 5.60 Å². The van der Waals surface area contributed by atoms with Gasteiger partial charge in [0.2, 0.25) is 0 Å². The Morgan fingerprint density at radius 1 is 1.38 bits per heavy atom. The van der Waals surface area contributed by atoms with Crippen molar-refractivity contribution >= 4 is 5.91 Å². The number of benzene rings is 1. The second-order valence-electron chi connectivity index (χ2n) is 7.13. The molecule has 1 amide bonds. The highest BCUT2D eigenvalue weighted by Crippen LogP contribution is 2.38. The summed E-state index contributed by atoms with van der Waals surface area (Å²) in [7, 11) is 1.69. The van der Waals surface area contributed by atoms with Gasteiger partial charge in [-0.2, -0.15) is 0 Å². The Balaban J connectivity index is 1.44. The molecule has 2 aliphatic rings. The summed E-state index contributed by atoms with van der Waals surface area (Å²) in [5.41, 5.74) is 2.66. The first-order valence-electron chi connectivity index (χ1n) is 8.40. The summed E-state index contributed by atoms with van der Waals surface area (Å²) in [6, 6.07) is 7.76. The molecule has 1 saturated heterocycles. The fourth-order valence-electron chi connectivity index (χ4n) is 3.16. The molecule has 1 aromatic heterocycles. The molecule has 0 atom stereocenters. The van der Waals surface area contributed by atoms with E-state index in [1.807, 2.05) is 47.0 Å². The normalized spacial score (nSPS) is 19.2. The quantitative estimate of drug-likeness (QED) is 0.844. The molecule has 2 fully saturated rings. The maximum Gasteiger partial charge on any atom is 0.254 e. The lowest BCUT2D eigenvalue weighted by Gasteiger charge is -2.46. The van der Waals surface area contributed by atoms with Gasteiger partial charge in [0.05, 0.1) is 25.3 Å². The summed E-state index contributed by atoms with van der Waals surface area (Å²) in [6.07, 6.45) is 4.46. The van der Waals surface area contributed by atoms with Crippen molar-refractivity contribution in [2.24, 2.45) is 0 Å². The number of carbonyl (C=O) groups excluding carboxylic acids is 1. The molecule has 1 aliphatic heterocycles. The van der Waals surface area contributed by atoms with E-state index in [-0.39, 0.29) is 11.5 Å². The van der Waals surface area contributed by atoms with E-state index in [0.29, 0.717) is 31.1 Å². The molecule has 1 aliphatic carbocycles. The zero-order valence-corrected chi connectivity index (χ0v) is 14.1. The molecule has 6 heteroatoms. The zero-order chi connectivity index (χ0) is 16.7. The van der Waals surface area contributed by atoms with Gasteiger partial charge in [-0.15, -0.1) is 5.10 Å². The van der Waals surface area contributed by atoms with Crippen molar-refractivity contribution in [1.82, 2.24) is 19.9 Å².